The van der Waals surface area contributed by atoms with Crippen molar-refractivity contribution in [3.05, 3.63) is 64.3 Å². The first-order valence-corrected chi connectivity index (χ1v) is 8.49. The van der Waals surface area contributed by atoms with E-state index in [-0.39, 0.29) is 5.75 Å². The van der Waals surface area contributed by atoms with Gasteiger partial charge in [0.1, 0.15) is 11.5 Å². The average Bonchev–Trinajstić information content (AvgIpc) is 2.61. The van der Waals surface area contributed by atoms with Gasteiger partial charge in [0.25, 0.3) is 5.91 Å². The molecule has 1 aliphatic rings. The topological polar surface area (TPSA) is 99.7 Å². The molecular formula is C19H18ClN3O4. The Bertz CT molecular complexity index is 925. The summed E-state index contributed by atoms with van der Waals surface area (Å²) in [4.78, 5) is 24.9. The van der Waals surface area contributed by atoms with E-state index in [1.807, 2.05) is 0 Å². The fourth-order valence-corrected chi connectivity index (χ4v) is 3.05. The number of ether oxygens (including phenoxy) is 1. The highest BCUT2D eigenvalue weighted by atomic mass is 35.5. The average molecular weight is 388 g/mol. The van der Waals surface area contributed by atoms with Gasteiger partial charge in [-0.1, -0.05) is 23.7 Å². The molecule has 0 spiro atoms. The highest BCUT2D eigenvalue weighted by Gasteiger charge is 2.31. The lowest BCUT2D eigenvalue weighted by molar-refractivity contribution is -0.113. The number of amides is 3. The van der Waals surface area contributed by atoms with Crippen LogP contribution < -0.4 is 20.7 Å². The second kappa shape index (κ2) is 7.59. The van der Waals surface area contributed by atoms with Gasteiger partial charge in [-0.2, -0.15) is 0 Å². The predicted molar refractivity (Wildman–Crippen MR) is 102 cm³/mol. The number of allylic oxidation sites excluding steroid dienone is 1. The van der Waals surface area contributed by atoms with Crippen molar-refractivity contribution in [3.8, 4) is 11.5 Å². The zero-order valence-corrected chi connectivity index (χ0v) is 15.4. The van der Waals surface area contributed by atoms with E-state index in [1.54, 1.807) is 37.3 Å². The SMILES string of the molecule is COc1ccc(Cl)cc1NC(=O)C1=C(C)NC(=O)N[C@@H]1c1ccc(O)cc1. The summed E-state index contributed by atoms with van der Waals surface area (Å²) in [7, 11) is 1.49. The van der Waals surface area contributed by atoms with Gasteiger partial charge < -0.3 is 25.8 Å². The molecule has 0 fully saturated rings. The molecule has 140 valence electrons. The standard InChI is InChI=1S/C19H18ClN3O4/c1-10-16(18(25)22-14-9-12(20)5-8-15(14)27-2)17(23-19(26)21-10)11-3-6-13(24)7-4-11/h3-9,17,24H,1-2H3,(H,22,25)(H2,21,23,26)/t17-/m1/s1. The van der Waals surface area contributed by atoms with Gasteiger partial charge in [0, 0.05) is 10.7 Å². The van der Waals surface area contributed by atoms with Crippen molar-refractivity contribution in [3.63, 3.8) is 0 Å². The highest BCUT2D eigenvalue weighted by Crippen LogP contribution is 2.32. The third kappa shape index (κ3) is 3.98. The first kappa shape index (κ1) is 18.6. The van der Waals surface area contributed by atoms with E-state index in [9.17, 15) is 14.7 Å². The lowest BCUT2D eigenvalue weighted by Crippen LogP contribution is -2.45. The second-order valence-corrected chi connectivity index (χ2v) is 6.40. The molecule has 3 amide bonds. The lowest BCUT2D eigenvalue weighted by atomic mass is 9.94. The zero-order valence-electron chi connectivity index (χ0n) is 14.7. The number of aromatic hydroxyl groups is 1. The minimum Gasteiger partial charge on any atom is -0.508 e. The van der Waals surface area contributed by atoms with Crippen molar-refractivity contribution in [1.29, 1.82) is 0 Å². The summed E-state index contributed by atoms with van der Waals surface area (Å²) in [5.41, 5.74) is 1.83. The molecule has 0 radical (unpaired) electrons. The van der Waals surface area contributed by atoms with Crippen LogP contribution in [-0.2, 0) is 4.79 Å². The zero-order chi connectivity index (χ0) is 19.6. The first-order chi connectivity index (χ1) is 12.9. The Morgan fingerprint density at radius 2 is 1.93 bits per heavy atom. The third-order valence-electron chi connectivity index (χ3n) is 4.15. The van der Waals surface area contributed by atoms with Crippen LogP contribution in [0.2, 0.25) is 5.02 Å². The maximum absolute atomic E-state index is 13.0. The molecule has 1 heterocycles. The van der Waals surface area contributed by atoms with Crippen molar-refractivity contribution >= 4 is 29.2 Å². The Morgan fingerprint density at radius 3 is 2.59 bits per heavy atom. The fourth-order valence-electron chi connectivity index (χ4n) is 2.88. The predicted octanol–water partition coefficient (Wildman–Crippen LogP) is 3.32. The van der Waals surface area contributed by atoms with E-state index in [2.05, 4.69) is 16.0 Å². The van der Waals surface area contributed by atoms with Gasteiger partial charge in [0.05, 0.1) is 24.4 Å². The van der Waals surface area contributed by atoms with Crippen LogP contribution in [0, 0.1) is 0 Å². The van der Waals surface area contributed by atoms with Gasteiger partial charge in [0.15, 0.2) is 0 Å². The van der Waals surface area contributed by atoms with E-state index in [0.717, 1.165) is 0 Å². The summed E-state index contributed by atoms with van der Waals surface area (Å²) in [5.74, 6) is 0.132. The van der Waals surface area contributed by atoms with Crippen LogP contribution in [0.1, 0.15) is 18.5 Å². The summed E-state index contributed by atoms with van der Waals surface area (Å²) in [6.45, 7) is 1.65. The molecule has 8 heteroatoms. The number of urea groups is 1. The van der Waals surface area contributed by atoms with Crippen LogP contribution in [0.5, 0.6) is 11.5 Å². The smallest absolute Gasteiger partial charge is 0.319 e. The summed E-state index contributed by atoms with van der Waals surface area (Å²) in [5, 5.41) is 18.1. The molecule has 7 nitrogen and oxygen atoms in total. The van der Waals surface area contributed by atoms with Gasteiger partial charge in [-0.25, -0.2) is 4.79 Å². The number of hydrogen-bond acceptors (Lipinski definition) is 4. The number of nitrogens with one attached hydrogen (secondary N) is 3. The number of carbonyl (C=O) groups is 2. The number of rotatable bonds is 4. The molecule has 0 unspecified atom stereocenters. The van der Waals surface area contributed by atoms with E-state index < -0.39 is 18.0 Å². The Hall–Kier alpha value is -3.19. The molecule has 2 aromatic carbocycles. The molecule has 2 aromatic rings. The van der Waals surface area contributed by atoms with Gasteiger partial charge >= 0.3 is 6.03 Å². The molecule has 0 bridgehead atoms. The molecule has 0 saturated heterocycles. The molecule has 0 aromatic heterocycles. The molecular weight excluding hydrogens is 370 g/mol. The minimum absolute atomic E-state index is 0.0920. The Balaban J connectivity index is 1.97. The molecule has 3 rings (SSSR count). The number of carbonyl (C=O) groups excluding carboxylic acids is 2. The summed E-state index contributed by atoms with van der Waals surface area (Å²) in [6, 6.07) is 10.1. The van der Waals surface area contributed by atoms with Gasteiger partial charge in [-0.15, -0.1) is 0 Å². The summed E-state index contributed by atoms with van der Waals surface area (Å²) in [6.07, 6.45) is 0. The van der Waals surface area contributed by atoms with Crippen LogP contribution in [-0.4, -0.2) is 24.2 Å². The summed E-state index contributed by atoms with van der Waals surface area (Å²) >= 11 is 6.02. The number of phenolic OH excluding ortho intramolecular Hbond substituents is 1. The largest absolute Gasteiger partial charge is 0.508 e. The number of phenols is 1. The summed E-state index contributed by atoms with van der Waals surface area (Å²) < 4.78 is 5.25. The van der Waals surface area contributed by atoms with Gasteiger partial charge in [-0.05, 0) is 42.8 Å². The highest BCUT2D eigenvalue weighted by molar-refractivity contribution is 6.31. The van der Waals surface area contributed by atoms with Crippen molar-refractivity contribution < 1.29 is 19.4 Å². The quantitative estimate of drug-likeness (QED) is 0.646. The lowest BCUT2D eigenvalue weighted by Gasteiger charge is -2.28. The number of anilines is 1. The van der Waals surface area contributed by atoms with Crippen molar-refractivity contribution in [1.82, 2.24) is 10.6 Å². The maximum atomic E-state index is 13.0. The molecule has 4 N–H and O–H groups in total. The van der Waals surface area contributed by atoms with E-state index in [4.69, 9.17) is 16.3 Å². The molecule has 0 aliphatic carbocycles. The Labute approximate surface area is 161 Å². The van der Waals surface area contributed by atoms with Crippen LogP contribution >= 0.6 is 11.6 Å². The van der Waals surface area contributed by atoms with E-state index in [0.29, 0.717) is 33.3 Å². The maximum Gasteiger partial charge on any atom is 0.319 e. The van der Waals surface area contributed by atoms with Crippen LogP contribution in [0.15, 0.2) is 53.7 Å². The van der Waals surface area contributed by atoms with Crippen molar-refractivity contribution in [2.75, 3.05) is 12.4 Å². The number of hydrogen-bond donors (Lipinski definition) is 4. The van der Waals surface area contributed by atoms with E-state index >= 15 is 0 Å². The number of benzene rings is 2. The Kier molecular flexibility index (Phi) is 5.23. The third-order valence-corrected chi connectivity index (χ3v) is 4.39. The molecule has 0 saturated carbocycles. The molecule has 1 aliphatic heterocycles. The van der Waals surface area contributed by atoms with Gasteiger partial charge in [-0.3, -0.25) is 4.79 Å². The van der Waals surface area contributed by atoms with Crippen molar-refractivity contribution in [2.24, 2.45) is 0 Å². The van der Waals surface area contributed by atoms with Crippen LogP contribution in [0.25, 0.3) is 0 Å². The number of halogens is 1. The normalized spacial score (nSPS) is 16.4. The monoisotopic (exact) mass is 387 g/mol. The van der Waals surface area contributed by atoms with Crippen molar-refractivity contribution in [2.45, 2.75) is 13.0 Å². The van der Waals surface area contributed by atoms with Crippen LogP contribution in [0.3, 0.4) is 0 Å². The first-order valence-electron chi connectivity index (χ1n) is 8.11. The minimum atomic E-state index is -0.676. The number of methoxy groups -OCH3 is 1. The fraction of sp³-hybridized carbons (Fsp3) is 0.158. The van der Waals surface area contributed by atoms with Gasteiger partial charge in [0.2, 0.25) is 0 Å². The molecule has 27 heavy (non-hydrogen) atoms. The Morgan fingerprint density at radius 1 is 1.22 bits per heavy atom. The molecule has 1 atom stereocenters. The second-order valence-electron chi connectivity index (χ2n) is 5.96. The van der Waals surface area contributed by atoms with E-state index in [1.165, 1.54) is 19.2 Å². The van der Waals surface area contributed by atoms with Crippen LogP contribution in [0.4, 0.5) is 10.5 Å².